The molecule has 1 aromatic heterocycles. The van der Waals surface area contributed by atoms with Crippen molar-refractivity contribution in [3.8, 4) is 11.1 Å². The number of nitrogens with one attached hydrogen (secondary N) is 1. The van der Waals surface area contributed by atoms with Crippen LogP contribution in [0.3, 0.4) is 0 Å². The van der Waals surface area contributed by atoms with Gasteiger partial charge in [-0.05, 0) is 87.2 Å². The molecule has 0 atom stereocenters. The fourth-order valence-electron chi connectivity index (χ4n) is 4.35. The third-order valence-electron chi connectivity index (χ3n) is 6.24. The normalized spacial score (nSPS) is 19.4. The van der Waals surface area contributed by atoms with Gasteiger partial charge in [0.05, 0.1) is 11.2 Å². The Kier molecular flexibility index (Phi) is 5.86. The minimum absolute atomic E-state index is 0.161. The van der Waals surface area contributed by atoms with Gasteiger partial charge >= 0.3 is 0 Å². The maximum Gasteiger partial charge on any atom is 0.223 e. The fourth-order valence-corrected chi connectivity index (χ4v) is 4.35. The van der Waals surface area contributed by atoms with E-state index in [0.29, 0.717) is 18.0 Å². The second-order valence-corrected chi connectivity index (χ2v) is 8.47. The number of benzene rings is 2. The first-order chi connectivity index (χ1) is 14.4. The summed E-state index contributed by atoms with van der Waals surface area (Å²) in [6.07, 6.45) is 7.36. The first kappa shape index (κ1) is 20.5. The van der Waals surface area contributed by atoms with Crippen LogP contribution >= 0.6 is 0 Å². The topological polar surface area (TPSA) is 67.1 Å². The zero-order valence-corrected chi connectivity index (χ0v) is 18.0. The van der Waals surface area contributed by atoms with Crippen molar-refractivity contribution < 1.29 is 4.39 Å². The van der Waals surface area contributed by atoms with Gasteiger partial charge in [0.2, 0.25) is 5.95 Å². The number of nitrogens with zero attached hydrogens (tertiary/aromatic N) is 3. The Morgan fingerprint density at radius 3 is 2.53 bits per heavy atom. The molecule has 0 radical (unpaired) electrons. The molecular formula is C24H30FN5. The molecule has 30 heavy (non-hydrogen) atoms. The van der Waals surface area contributed by atoms with Crippen LogP contribution in [0.2, 0.25) is 0 Å². The molecule has 0 unspecified atom stereocenters. The third-order valence-corrected chi connectivity index (χ3v) is 6.24. The summed E-state index contributed by atoms with van der Waals surface area (Å²) >= 11 is 0. The van der Waals surface area contributed by atoms with E-state index < -0.39 is 5.82 Å². The number of aryl methyl sites for hydroxylation is 1. The van der Waals surface area contributed by atoms with Crippen molar-refractivity contribution in [2.75, 3.05) is 25.1 Å². The van der Waals surface area contributed by atoms with E-state index in [1.54, 1.807) is 6.07 Å². The number of nitrogens with two attached hydrogens (primary N) is 1. The summed E-state index contributed by atoms with van der Waals surface area (Å²) in [5, 5.41) is 4.50. The Morgan fingerprint density at radius 2 is 1.87 bits per heavy atom. The van der Waals surface area contributed by atoms with Gasteiger partial charge in [-0.3, -0.25) is 0 Å². The molecule has 0 saturated heterocycles. The lowest BCUT2D eigenvalue weighted by atomic mass is 9.90. The van der Waals surface area contributed by atoms with Gasteiger partial charge in [-0.15, -0.1) is 0 Å². The van der Waals surface area contributed by atoms with Gasteiger partial charge in [0, 0.05) is 23.7 Å². The number of anilines is 2. The van der Waals surface area contributed by atoms with Crippen LogP contribution in [0.4, 0.5) is 16.0 Å². The second-order valence-electron chi connectivity index (χ2n) is 8.47. The van der Waals surface area contributed by atoms with Crippen LogP contribution in [-0.2, 0) is 6.42 Å². The molecule has 6 heteroatoms. The number of fused-ring (bicyclic) bond motifs is 1. The van der Waals surface area contributed by atoms with Crippen LogP contribution < -0.4 is 11.1 Å². The number of rotatable bonds is 5. The van der Waals surface area contributed by atoms with E-state index in [1.165, 1.54) is 18.9 Å². The van der Waals surface area contributed by atoms with Gasteiger partial charge in [-0.25, -0.2) is 14.4 Å². The van der Waals surface area contributed by atoms with Crippen molar-refractivity contribution >= 4 is 22.5 Å². The SMILES string of the molecule is CCc1cc(-c2ccc(N)c(F)c2)cc2cnc(NC3CCC(N(C)C)CC3)nc12. The van der Waals surface area contributed by atoms with Crippen LogP contribution in [0.1, 0.15) is 38.2 Å². The predicted octanol–water partition coefficient (Wildman–Crippen LogP) is 4.87. The second kappa shape index (κ2) is 8.56. The van der Waals surface area contributed by atoms with Gasteiger partial charge in [-0.1, -0.05) is 13.0 Å². The lowest BCUT2D eigenvalue weighted by Gasteiger charge is -2.32. The first-order valence-corrected chi connectivity index (χ1v) is 10.7. The molecule has 4 rings (SSSR count). The molecule has 3 N–H and O–H groups in total. The van der Waals surface area contributed by atoms with Crippen molar-refractivity contribution in [2.45, 2.75) is 51.1 Å². The molecule has 1 fully saturated rings. The molecule has 5 nitrogen and oxygen atoms in total. The largest absolute Gasteiger partial charge is 0.396 e. The number of hydrogen-bond acceptors (Lipinski definition) is 5. The van der Waals surface area contributed by atoms with Crippen LogP contribution in [0.15, 0.2) is 36.5 Å². The van der Waals surface area contributed by atoms with Gasteiger partial charge in [0.15, 0.2) is 0 Å². The predicted molar refractivity (Wildman–Crippen MR) is 122 cm³/mol. The summed E-state index contributed by atoms with van der Waals surface area (Å²) in [5.74, 6) is 0.294. The summed E-state index contributed by atoms with van der Waals surface area (Å²) in [5.41, 5.74) is 9.62. The van der Waals surface area contributed by atoms with Crippen molar-refractivity contribution in [1.29, 1.82) is 0 Å². The zero-order chi connectivity index (χ0) is 21.3. The smallest absolute Gasteiger partial charge is 0.223 e. The number of nitrogen functional groups attached to an aromatic ring is 1. The van der Waals surface area contributed by atoms with Crippen molar-refractivity contribution in [1.82, 2.24) is 14.9 Å². The van der Waals surface area contributed by atoms with Crippen LogP contribution in [0, 0.1) is 5.82 Å². The van der Waals surface area contributed by atoms with Gasteiger partial charge in [-0.2, -0.15) is 0 Å². The highest BCUT2D eigenvalue weighted by molar-refractivity contribution is 5.87. The quantitative estimate of drug-likeness (QED) is 0.591. The van der Waals surface area contributed by atoms with Crippen molar-refractivity contribution in [3.05, 3.63) is 47.9 Å². The molecule has 0 bridgehead atoms. The summed E-state index contributed by atoms with van der Waals surface area (Å²) in [6, 6.07) is 10.1. The average molecular weight is 408 g/mol. The van der Waals surface area contributed by atoms with E-state index in [4.69, 9.17) is 10.7 Å². The Balaban J connectivity index is 1.59. The van der Waals surface area contributed by atoms with E-state index in [0.717, 1.165) is 46.9 Å². The highest BCUT2D eigenvalue weighted by Crippen LogP contribution is 2.30. The van der Waals surface area contributed by atoms with Crippen molar-refractivity contribution in [2.24, 2.45) is 0 Å². The number of aromatic nitrogens is 2. The highest BCUT2D eigenvalue weighted by atomic mass is 19.1. The Hall–Kier alpha value is -2.73. The summed E-state index contributed by atoms with van der Waals surface area (Å²) in [7, 11) is 4.31. The summed E-state index contributed by atoms with van der Waals surface area (Å²) < 4.78 is 13.9. The van der Waals surface area contributed by atoms with E-state index in [1.807, 2.05) is 18.3 Å². The Labute approximate surface area is 177 Å². The fraction of sp³-hybridized carbons (Fsp3) is 0.417. The Morgan fingerprint density at radius 1 is 1.10 bits per heavy atom. The molecule has 158 valence electrons. The van der Waals surface area contributed by atoms with Crippen molar-refractivity contribution in [3.63, 3.8) is 0 Å². The summed E-state index contributed by atoms with van der Waals surface area (Å²) in [4.78, 5) is 11.7. The monoisotopic (exact) mass is 407 g/mol. The average Bonchev–Trinajstić information content (AvgIpc) is 2.75. The molecular weight excluding hydrogens is 377 g/mol. The number of hydrogen-bond donors (Lipinski definition) is 2. The molecule has 3 aromatic rings. The lowest BCUT2D eigenvalue weighted by molar-refractivity contribution is 0.221. The minimum Gasteiger partial charge on any atom is -0.396 e. The maximum atomic E-state index is 13.9. The number of halogens is 1. The first-order valence-electron chi connectivity index (χ1n) is 10.7. The minimum atomic E-state index is -0.398. The molecule has 1 heterocycles. The zero-order valence-electron chi connectivity index (χ0n) is 18.0. The molecule has 1 aliphatic carbocycles. The molecule has 1 saturated carbocycles. The summed E-state index contributed by atoms with van der Waals surface area (Å²) in [6.45, 7) is 2.11. The molecule has 0 amide bonds. The Bertz CT molecular complexity index is 1040. The maximum absolute atomic E-state index is 13.9. The van der Waals surface area contributed by atoms with E-state index in [2.05, 4.69) is 42.3 Å². The van der Waals surface area contributed by atoms with Crippen LogP contribution in [0.25, 0.3) is 22.0 Å². The van der Waals surface area contributed by atoms with E-state index in [9.17, 15) is 4.39 Å². The molecule has 2 aromatic carbocycles. The molecule has 0 aliphatic heterocycles. The van der Waals surface area contributed by atoms with Gasteiger partial charge in [0.25, 0.3) is 0 Å². The molecule has 1 aliphatic rings. The molecule has 0 spiro atoms. The lowest BCUT2D eigenvalue weighted by Crippen LogP contribution is -2.36. The third kappa shape index (κ3) is 4.24. The standard InChI is InChI=1S/C24H30FN5/c1-4-15-11-17(16-5-10-22(26)21(25)13-16)12-18-14-27-24(29-23(15)18)28-19-6-8-20(9-7-19)30(2)3/h5,10-14,19-20H,4,6-9,26H2,1-3H3,(H,27,28,29). The van der Waals surface area contributed by atoms with Crippen LogP contribution in [0.5, 0.6) is 0 Å². The van der Waals surface area contributed by atoms with Gasteiger partial charge < -0.3 is 16.0 Å². The highest BCUT2D eigenvalue weighted by Gasteiger charge is 2.23. The van der Waals surface area contributed by atoms with Gasteiger partial charge in [0.1, 0.15) is 5.82 Å². The van der Waals surface area contributed by atoms with E-state index >= 15 is 0 Å². The van der Waals surface area contributed by atoms with E-state index in [-0.39, 0.29) is 5.69 Å². The van der Waals surface area contributed by atoms with Crippen LogP contribution in [-0.4, -0.2) is 41.0 Å².